The summed E-state index contributed by atoms with van der Waals surface area (Å²) in [6, 6.07) is 10.7. The first-order valence-corrected chi connectivity index (χ1v) is 13.0. The molecule has 0 aliphatic carbocycles. The summed E-state index contributed by atoms with van der Waals surface area (Å²) in [6.45, 7) is 0. The minimum Gasteiger partial charge on any atom is -0.398 e. The number of hydrogen-bond donors (Lipinski definition) is 7. The molecule has 4 aromatic rings. The van der Waals surface area contributed by atoms with E-state index >= 15 is 0 Å². The van der Waals surface area contributed by atoms with E-state index in [4.69, 9.17) is 5.73 Å². The van der Waals surface area contributed by atoms with Crippen LogP contribution in [0.25, 0.3) is 27.8 Å². The SMILES string of the molecule is CN=Cc1cc(-n2nc3ccc(NC(S)(S)C(S)(S)S)nc3c(-c3ccc(C(F)F)nc3)c2=O)ccc1N. The van der Waals surface area contributed by atoms with E-state index < -0.39 is 25.3 Å². The molecule has 0 saturated carbocycles. The third kappa shape index (κ3) is 5.76. The monoisotopic (exact) mass is 609 g/mol. The van der Waals surface area contributed by atoms with Crippen LogP contribution in [0.5, 0.6) is 0 Å². The van der Waals surface area contributed by atoms with Crippen LogP contribution in [-0.2, 0) is 0 Å². The van der Waals surface area contributed by atoms with Crippen molar-refractivity contribution in [2.45, 2.75) is 14.0 Å². The fraction of sp³-hybridized carbons (Fsp3) is 0.174. The summed E-state index contributed by atoms with van der Waals surface area (Å²) in [5, 5.41) is 7.45. The molecule has 15 heteroatoms. The van der Waals surface area contributed by atoms with Gasteiger partial charge in [0.2, 0.25) is 0 Å². The first kappa shape index (κ1) is 28.5. The number of nitrogen functional groups attached to an aromatic ring is 1. The van der Waals surface area contributed by atoms with Crippen molar-refractivity contribution in [1.29, 1.82) is 0 Å². The number of nitrogens with zero attached hydrogens (tertiary/aromatic N) is 5. The van der Waals surface area contributed by atoms with Gasteiger partial charge in [-0.05, 0) is 36.4 Å². The molecule has 0 saturated heterocycles. The normalized spacial score (nSPS) is 12.6. The maximum absolute atomic E-state index is 13.8. The Labute approximate surface area is 243 Å². The van der Waals surface area contributed by atoms with E-state index in [2.05, 4.69) is 88.5 Å². The fourth-order valence-electron chi connectivity index (χ4n) is 3.47. The Bertz CT molecular complexity index is 1590. The molecule has 0 aliphatic rings. The van der Waals surface area contributed by atoms with Crippen LogP contribution in [0.1, 0.15) is 17.7 Å². The van der Waals surface area contributed by atoms with E-state index in [0.717, 1.165) is 6.07 Å². The highest BCUT2D eigenvalue weighted by Crippen LogP contribution is 2.44. The lowest BCUT2D eigenvalue weighted by molar-refractivity contribution is 0.146. The van der Waals surface area contributed by atoms with Gasteiger partial charge in [-0.2, -0.15) is 9.78 Å². The Balaban J connectivity index is 1.98. The van der Waals surface area contributed by atoms with Crippen LogP contribution in [0.3, 0.4) is 0 Å². The number of nitrogens with two attached hydrogens (primary N) is 1. The van der Waals surface area contributed by atoms with Gasteiger partial charge in [-0.25, -0.2) is 13.8 Å². The molecule has 38 heavy (non-hydrogen) atoms. The summed E-state index contributed by atoms with van der Waals surface area (Å²) >= 11 is 21.7. The summed E-state index contributed by atoms with van der Waals surface area (Å²) in [4.78, 5) is 26.2. The Morgan fingerprint density at radius 2 is 1.84 bits per heavy atom. The molecule has 0 unspecified atom stereocenters. The Hall–Kier alpha value is -2.46. The van der Waals surface area contributed by atoms with Gasteiger partial charge in [-0.1, -0.05) is 6.07 Å². The molecule has 0 radical (unpaired) electrons. The van der Waals surface area contributed by atoms with Crippen molar-refractivity contribution in [2.75, 3.05) is 18.1 Å². The zero-order chi connectivity index (χ0) is 27.8. The highest BCUT2D eigenvalue weighted by atomic mass is 32.2. The van der Waals surface area contributed by atoms with E-state index in [0.29, 0.717) is 22.5 Å². The molecule has 0 aliphatic heterocycles. The van der Waals surface area contributed by atoms with Crippen LogP contribution in [0.4, 0.5) is 20.3 Å². The molecule has 0 atom stereocenters. The number of benzene rings is 1. The second-order valence-corrected chi connectivity index (χ2v) is 12.8. The van der Waals surface area contributed by atoms with Crippen molar-refractivity contribution in [3.63, 3.8) is 0 Å². The number of anilines is 2. The number of alkyl halides is 2. The van der Waals surface area contributed by atoms with Crippen molar-refractivity contribution in [1.82, 2.24) is 19.7 Å². The van der Waals surface area contributed by atoms with Crippen LogP contribution in [0.15, 0.2) is 58.4 Å². The van der Waals surface area contributed by atoms with Crippen molar-refractivity contribution >= 4 is 91.9 Å². The van der Waals surface area contributed by atoms with Crippen LogP contribution in [0, 0.1) is 0 Å². The van der Waals surface area contributed by atoms with Gasteiger partial charge in [-0.15, -0.1) is 63.1 Å². The molecule has 0 spiro atoms. The molecular formula is C23H21F2N7OS5. The number of halogens is 2. The molecule has 1 aromatic carbocycles. The van der Waals surface area contributed by atoms with Crippen LogP contribution < -0.4 is 16.6 Å². The predicted molar refractivity (Wildman–Crippen MR) is 165 cm³/mol. The maximum atomic E-state index is 13.8. The average Bonchev–Trinajstić information content (AvgIpc) is 2.84. The molecule has 3 heterocycles. The maximum Gasteiger partial charge on any atom is 0.281 e. The number of fused-ring (bicyclic) bond motifs is 1. The summed E-state index contributed by atoms with van der Waals surface area (Å²) in [5.74, 6) is 0.260. The number of nitrogens with one attached hydrogen (secondary N) is 1. The topological polar surface area (TPSA) is 111 Å². The van der Waals surface area contributed by atoms with Crippen LogP contribution in [-0.4, -0.2) is 40.6 Å². The Morgan fingerprint density at radius 3 is 2.45 bits per heavy atom. The minimum atomic E-state index is -2.76. The lowest BCUT2D eigenvalue weighted by atomic mass is 10.1. The molecule has 0 amide bonds. The molecule has 4 rings (SSSR count). The van der Waals surface area contributed by atoms with Gasteiger partial charge in [0, 0.05) is 36.3 Å². The number of thiol groups is 5. The van der Waals surface area contributed by atoms with E-state index in [-0.39, 0.29) is 22.5 Å². The highest BCUT2D eigenvalue weighted by Gasteiger charge is 2.39. The fourth-order valence-corrected chi connectivity index (χ4v) is 3.87. The van der Waals surface area contributed by atoms with Gasteiger partial charge in [0.1, 0.15) is 26.0 Å². The quantitative estimate of drug-likeness (QED) is 0.0703. The summed E-state index contributed by atoms with van der Waals surface area (Å²) in [6.07, 6.45) is -0.00634. The molecule has 198 valence electrons. The van der Waals surface area contributed by atoms with Crippen LogP contribution >= 0.6 is 63.1 Å². The van der Waals surface area contributed by atoms with Crippen molar-refractivity contribution < 1.29 is 8.78 Å². The number of hydrogen-bond acceptors (Lipinski definition) is 12. The first-order chi connectivity index (χ1) is 17.8. The van der Waals surface area contributed by atoms with Crippen molar-refractivity contribution in [2.24, 2.45) is 4.99 Å². The van der Waals surface area contributed by atoms with Gasteiger partial charge in [-0.3, -0.25) is 14.8 Å². The number of rotatable bonds is 7. The number of pyridine rings is 2. The third-order valence-electron chi connectivity index (χ3n) is 5.38. The second kappa shape index (κ2) is 11.0. The third-order valence-corrected chi connectivity index (χ3v) is 8.34. The zero-order valence-electron chi connectivity index (χ0n) is 19.5. The summed E-state index contributed by atoms with van der Waals surface area (Å²) < 4.78 is 24.8. The molecule has 0 fully saturated rings. The first-order valence-electron chi connectivity index (χ1n) is 10.7. The predicted octanol–water partition coefficient (Wildman–Crippen LogP) is 4.78. The Kier molecular flexibility index (Phi) is 8.23. The lowest BCUT2D eigenvalue weighted by Crippen LogP contribution is -2.40. The molecule has 3 aromatic heterocycles. The van der Waals surface area contributed by atoms with E-state index in [1.54, 1.807) is 43.6 Å². The van der Waals surface area contributed by atoms with E-state index in [1.165, 1.54) is 16.9 Å². The minimum absolute atomic E-state index is 0.0901. The second-order valence-electron chi connectivity index (χ2n) is 8.06. The summed E-state index contributed by atoms with van der Waals surface area (Å²) in [5.41, 5.74) is 7.39. The molecule has 3 N–H and O–H groups in total. The number of aliphatic imine (C=N–C) groups is 1. The van der Waals surface area contributed by atoms with Gasteiger partial charge in [0.15, 0.2) is 4.20 Å². The molecular weight excluding hydrogens is 589 g/mol. The average molecular weight is 610 g/mol. The summed E-state index contributed by atoms with van der Waals surface area (Å²) in [7, 11) is 1.60. The van der Waals surface area contributed by atoms with Gasteiger partial charge in [0.05, 0.1) is 11.3 Å². The van der Waals surface area contributed by atoms with Gasteiger partial charge >= 0.3 is 0 Å². The largest absolute Gasteiger partial charge is 0.398 e. The Morgan fingerprint density at radius 1 is 1.11 bits per heavy atom. The highest BCUT2D eigenvalue weighted by molar-refractivity contribution is 8.20. The van der Waals surface area contributed by atoms with Crippen LogP contribution in [0.2, 0.25) is 0 Å². The lowest BCUT2D eigenvalue weighted by Gasteiger charge is -2.34. The number of aromatic nitrogens is 4. The van der Waals surface area contributed by atoms with E-state index in [1.807, 2.05) is 0 Å². The van der Waals surface area contributed by atoms with E-state index in [9.17, 15) is 13.6 Å². The molecule has 8 nitrogen and oxygen atoms in total. The standard InChI is InChI=1S/C23H21F2N7OS5/c1-27-9-12-8-13(3-4-14(12)26)32-21(33)18(11-2-5-16(20(24)25)28-10-11)19-15(31-32)6-7-17(29-19)30-22(34,35)23(36,37)38/h2-10,20,34-38H,26H2,1H3,(H,29,30). The van der Waals surface area contributed by atoms with Crippen molar-refractivity contribution in [3.05, 3.63) is 70.3 Å². The van der Waals surface area contributed by atoms with Gasteiger partial charge in [0.25, 0.3) is 12.0 Å². The zero-order valence-corrected chi connectivity index (χ0v) is 24.0. The smallest absolute Gasteiger partial charge is 0.281 e. The molecule has 0 bridgehead atoms. The van der Waals surface area contributed by atoms with Crippen molar-refractivity contribution in [3.8, 4) is 16.8 Å². The van der Waals surface area contributed by atoms with Gasteiger partial charge < -0.3 is 11.1 Å².